The van der Waals surface area contributed by atoms with Crippen molar-refractivity contribution in [1.82, 2.24) is 10.2 Å². The SMILES string of the molecule is CCOc1ccc(C(=O)Nc2ccc(Br)cc2C)nn1. The molecule has 5 nitrogen and oxygen atoms in total. The highest BCUT2D eigenvalue weighted by Gasteiger charge is 2.10. The van der Waals surface area contributed by atoms with Crippen molar-refractivity contribution in [3.63, 3.8) is 0 Å². The fourth-order valence-electron chi connectivity index (χ4n) is 1.62. The fourth-order valence-corrected chi connectivity index (χ4v) is 2.10. The number of nitrogens with one attached hydrogen (secondary N) is 1. The monoisotopic (exact) mass is 335 g/mol. The van der Waals surface area contributed by atoms with Crippen molar-refractivity contribution in [2.45, 2.75) is 13.8 Å². The zero-order valence-electron chi connectivity index (χ0n) is 11.2. The molecule has 0 aliphatic rings. The van der Waals surface area contributed by atoms with Gasteiger partial charge in [-0.2, -0.15) is 0 Å². The molecule has 0 radical (unpaired) electrons. The topological polar surface area (TPSA) is 64.1 Å². The van der Waals surface area contributed by atoms with E-state index >= 15 is 0 Å². The molecule has 0 atom stereocenters. The predicted octanol–water partition coefficient (Wildman–Crippen LogP) is 3.20. The van der Waals surface area contributed by atoms with Crippen molar-refractivity contribution in [2.75, 3.05) is 11.9 Å². The van der Waals surface area contributed by atoms with Gasteiger partial charge in [0, 0.05) is 16.2 Å². The number of aryl methyl sites for hydroxylation is 1. The first-order valence-electron chi connectivity index (χ1n) is 6.14. The molecule has 1 heterocycles. The summed E-state index contributed by atoms with van der Waals surface area (Å²) in [6, 6.07) is 8.84. The van der Waals surface area contributed by atoms with Gasteiger partial charge in [-0.15, -0.1) is 10.2 Å². The van der Waals surface area contributed by atoms with Crippen LogP contribution in [-0.2, 0) is 0 Å². The summed E-state index contributed by atoms with van der Waals surface area (Å²) in [5.41, 5.74) is 1.95. The molecule has 104 valence electrons. The molecule has 0 aliphatic carbocycles. The Morgan fingerprint density at radius 1 is 1.30 bits per heavy atom. The highest BCUT2D eigenvalue weighted by molar-refractivity contribution is 9.10. The number of benzene rings is 1. The molecule has 0 fully saturated rings. The van der Waals surface area contributed by atoms with Crippen LogP contribution in [0.5, 0.6) is 5.88 Å². The first kappa shape index (κ1) is 14.5. The second kappa shape index (κ2) is 6.47. The summed E-state index contributed by atoms with van der Waals surface area (Å²) in [5.74, 6) is 0.106. The van der Waals surface area contributed by atoms with Crippen molar-refractivity contribution in [3.05, 3.63) is 46.1 Å². The second-order valence-corrected chi connectivity index (χ2v) is 5.02. The highest BCUT2D eigenvalue weighted by atomic mass is 79.9. The standard InChI is InChI=1S/C14H14BrN3O2/c1-3-20-13-7-6-12(17-18-13)14(19)16-11-5-4-10(15)8-9(11)2/h4-8H,3H2,1-2H3,(H,16,19). The van der Waals surface area contributed by atoms with E-state index in [0.717, 1.165) is 15.7 Å². The smallest absolute Gasteiger partial charge is 0.276 e. The number of anilines is 1. The number of halogens is 1. The average Bonchev–Trinajstić information content (AvgIpc) is 2.43. The van der Waals surface area contributed by atoms with E-state index in [2.05, 4.69) is 31.4 Å². The first-order valence-corrected chi connectivity index (χ1v) is 6.93. The molecule has 1 amide bonds. The summed E-state index contributed by atoms with van der Waals surface area (Å²) in [6.45, 7) is 4.29. The Labute approximate surface area is 125 Å². The maximum Gasteiger partial charge on any atom is 0.276 e. The molecule has 0 aliphatic heterocycles. The van der Waals surface area contributed by atoms with Crippen molar-refractivity contribution in [2.24, 2.45) is 0 Å². The van der Waals surface area contributed by atoms with Crippen LogP contribution in [-0.4, -0.2) is 22.7 Å². The third-order valence-corrected chi connectivity index (χ3v) is 3.09. The lowest BCUT2D eigenvalue weighted by Gasteiger charge is -2.08. The quantitative estimate of drug-likeness (QED) is 0.931. The largest absolute Gasteiger partial charge is 0.477 e. The first-order chi connectivity index (χ1) is 9.60. The molecular weight excluding hydrogens is 322 g/mol. The summed E-state index contributed by atoms with van der Waals surface area (Å²) in [7, 11) is 0. The summed E-state index contributed by atoms with van der Waals surface area (Å²) in [6.07, 6.45) is 0. The maximum absolute atomic E-state index is 12.1. The van der Waals surface area contributed by atoms with Gasteiger partial charge in [-0.05, 0) is 43.7 Å². The number of carbonyl (C=O) groups excluding carboxylic acids is 1. The number of carbonyl (C=O) groups is 1. The van der Waals surface area contributed by atoms with Gasteiger partial charge in [0.15, 0.2) is 5.69 Å². The van der Waals surface area contributed by atoms with Gasteiger partial charge < -0.3 is 10.1 Å². The molecule has 0 bridgehead atoms. The molecule has 2 aromatic rings. The molecule has 0 unspecified atom stereocenters. The van der Waals surface area contributed by atoms with Crippen LogP contribution in [0.25, 0.3) is 0 Å². The van der Waals surface area contributed by atoms with Gasteiger partial charge in [0.05, 0.1) is 6.61 Å². The number of amides is 1. The summed E-state index contributed by atoms with van der Waals surface area (Å²) < 4.78 is 6.15. The lowest BCUT2D eigenvalue weighted by molar-refractivity contribution is 0.102. The van der Waals surface area contributed by atoms with Crippen LogP contribution in [0.2, 0.25) is 0 Å². The van der Waals surface area contributed by atoms with E-state index in [0.29, 0.717) is 12.5 Å². The van der Waals surface area contributed by atoms with Gasteiger partial charge in [-0.3, -0.25) is 4.79 Å². The van der Waals surface area contributed by atoms with Gasteiger partial charge in [-0.1, -0.05) is 15.9 Å². The van der Waals surface area contributed by atoms with Crippen molar-refractivity contribution < 1.29 is 9.53 Å². The summed E-state index contributed by atoms with van der Waals surface area (Å²) in [5, 5.41) is 10.5. The predicted molar refractivity (Wildman–Crippen MR) is 80.0 cm³/mol. The van der Waals surface area contributed by atoms with Crippen LogP contribution in [0, 0.1) is 6.92 Å². The Kier molecular flexibility index (Phi) is 4.68. The average molecular weight is 336 g/mol. The van der Waals surface area contributed by atoms with E-state index in [1.807, 2.05) is 32.0 Å². The zero-order valence-corrected chi connectivity index (χ0v) is 12.8. The van der Waals surface area contributed by atoms with Gasteiger partial charge >= 0.3 is 0 Å². The molecule has 1 aromatic heterocycles. The fraction of sp³-hybridized carbons (Fsp3) is 0.214. The van der Waals surface area contributed by atoms with Gasteiger partial charge in [-0.25, -0.2) is 0 Å². The Morgan fingerprint density at radius 3 is 2.70 bits per heavy atom. The van der Waals surface area contributed by atoms with Crippen LogP contribution in [0.3, 0.4) is 0 Å². The van der Waals surface area contributed by atoms with Gasteiger partial charge in [0.25, 0.3) is 5.91 Å². The zero-order chi connectivity index (χ0) is 14.5. The number of rotatable bonds is 4. The highest BCUT2D eigenvalue weighted by Crippen LogP contribution is 2.20. The molecule has 0 spiro atoms. The molecule has 1 aromatic carbocycles. The minimum atomic E-state index is -0.300. The lowest BCUT2D eigenvalue weighted by atomic mass is 10.2. The molecule has 2 rings (SSSR count). The third kappa shape index (κ3) is 3.54. The Hall–Kier alpha value is -1.95. The normalized spacial score (nSPS) is 10.2. The van der Waals surface area contributed by atoms with Crippen molar-refractivity contribution in [3.8, 4) is 5.88 Å². The number of hydrogen-bond donors (Lipinski definition) is 1. The minimum absolute atomic E-state index is 0.246. The van der Waals surface area contributed by atoms with Crippen LogP contribution in [0.1, 0.15) is 23.0 Å². The van der Waals surface area contributed by atoms with E-state index in [9.17, 15) is 4.79 Å². The van der Waals surface area contributed by atoms with E-state index in [1.54, 1.807) is 12.1 Å². The maximum atomic E-state index is 12.1. The summed E-state index contributed by atoms with van der Waals surface area (Å²) >= 11 is 3.38. The van der Waals surface area contributed by atoms with Gasteiger partial charge in [0.2, 0.25) is 5.88 Å². The Morgan fingerprint density at radius 2 is 2.10 bits per heavy atom. The van der Waals surface area contributed by atoms with E-state index in [1.165, 1.54) is 0 Å². The van der Waals surface area contributed by atoms with Crippen LogP contribution >= 0.6 is 15.9 Å². The van der Waals surface area contributed by atoms with Crippen molar-refractivity contribution in [1.29, 1.82) is 0 Å². The third-order valence-electron chi connectivity index (χ3n) is 2.60. The summed E-state index contributed by atoms with van der Waals surface area (Å²) in [4.78, 5) is 12.1. The Balaban J connectivity index is 2.11. The van der Waals surface area contributed by atoms with Crippen LogP contribution in [0.15, 0.2) is 34.8 Å². The Bertz CT molecular complexity index is 614. The van der Waals surface area contributed by atoms with Crippen molar-refractivity contribution >= 4 is 27.5 Å². The van der Waals surface area contributed by atoms with Gasteiger partial charge in [0.1, 0.15) is 0 Å². The number of nitrogens with zero attached hydrogens (tertiary/aromatic N) is 2. The second-order valence-electron chi connectivity index (χ2n) is 4.10. The number of aromatic nitrogens is 2. The minimum Gasteiger partial charge on any atom is -0.477 e. The molecule has 0 saturated heterocycles. The molecule has 20 heavy (non-hydrogen) atoms. The number of ether oxygens (including phenoxy) is 1. The lowest BCUT2D eigenvalue weighted by Crippen LogP contribution is -2.15. The number of hydrogen-bond acceptors (Lipinski definition) is 4. The molecular formula is C14H14BrN3O2. The van der Waals surface area contributed by atoms with E-state index < -0.39 is 0 Å². The molecule has 0 saturated carbocycles. The van der Waals surface area contributed by atoms with Crippen LogP contribution in [0.4, 0.5) is 5.69 Å². The molecule has 1 N–H and O–H groups in total. The van der Waals surface area contributed by atoms with E-state index in [-0.39, 0.29) is 11.6 Å². The van der Waals surface area contributed by atoms with Crippen LogP contribution < -0.4 is 10.1 Å². The molecule has 6 heteroatoms. The van der Waals surface area contributed by atoms with E-state index in [4.69, 9.17) is 4.74 Å².